The molecule has 2 aliphatic carbocycles. The van der Waals surface area contributed by atoms with Crippen LogP contribution in [0.1, 0.15) is 60.3 Å². The van der Waals surface area contributed by atoms with E-state index < -0.39 is 16.8 Å². The van der Waals surface area contributed by atoms with E-state index >= 15 is 0 Å². The topological polar surface area (TPSA) is 87.0 Å². The van der Waals surface area contributed by atoms with E-state index in [4.69, 9.17) is 4.74 Å². The first kappa shape index (κ1) is 19.6. The molecule has 1 unspecified atom stereocenters. The molecule has 0 spiro atoms. The van der Waals surface area contributed by atoms with Gasteiger partial charge < -0.3 is 20.1 Å². The minimum Gasteiger partial charge on any atom is -0.455 e. The van der Waals surface area contributed by atoms with Gasteiger partial charge in [0.25, 0.3) is 0 Å². The van der Waals surface area contributed by atoms with Gasteiger partial charge in [0.1, 0.15) is 11.7 Å². The minimum absolute atomic E-state index is 0.123. The standard InChI is InChI=1S/C21H32O5/c1-13(6-10-20(5,24)18(2,3)23)14-7-11-21(25)15-12-17(22)26-16(15)8-9-19(14,21)4/h6,10,12-14,16,23-25H,7-9,11H2,1-5H3/t13-,14-,16+,19-,20?,21-/m1/s1. The van der Waals surface area contributed by atoms with Crippen LogP contribution in [0, 0.1) is 17.3 Å². The van der Waals surface area contributed by atoms with Crippen molar-refractivity contribution in [3.8, 4) is 0 Å². The van der Waals surface area contributed by atoms with Gasteiger partial charge in [0, 0.05) is 17.1 Å². The molecule has 2 saturated carbocycles. The largest absolute Gasteiger partial charge is 0.455 e. The van der Waals surface area contributed by atoms with Gasteiger partial charge in [-0.2, -0.15) is 0 Å². The van der Waals surface area contributed by atoms with Crippen molar-refractivity contribution in [3.05, 3.63) is 23.8 Å². The first-order chi connectivity index (χ1) is 11.8. The van der Waals surface area contributed by atoms with Crippen molar-refractivity contribution in [2.75, 3.05) is 0 Å². The van der Waals surface area contributed by atoms with Gasteiger partial charge in [0.15, 0.2) is 0 Å². The molecule has 1 aliphatic heterocycles. The van der Waals surface area contributed by atoms with Crippen molar-refractivity contribution in [1.82, 2.24) is 0 Å². The molecule has 0 aromatic carbocycles. The number of hydrogen-bond donors (Lipinski definition) is 3. The molecule has 5 heteroatoms. The molecule has 6 atom stereocenters. The lowest BCUT2D eigenvalue weighted by molar-refractivity contribution is -0.143. The Morgan fingerprint density at radius 1 is 1.27 bits per heavy atom. The van der Waals surface area contributed by atoms with Crippen LogP contribution in [0.2, 0.25) is 0 Å². The summed E-state index contributed by atoms with van der Waals surface area (Å²) < 4.78 is 5.34. The van der Waals surface area contributed by atoms with Crippen molar-refractivity contribution < 1.29 is 24.9 Å². The van der Waals surface area contributed by atoms with Crippen molar-refractivity contribution in [3.63, 3.8) is 0 Å². The van der Waals surface area contributed by atoms with E-state index in [0.29, 0.717) is 6.42 Å². The van der Waals surface area contributed by atoms with E-state index in [1.54, 1.807) is 26.8 Å². The number of rotatable bonds is 4. The lowest BCUT2D eigenvalue weighted by Gasteiger charge is -2.50. The highest BCUT2D eigenvalue weighted by Crippen LogP contribution is 2.62. The average molecular weight is 364 g/mol. The monoisotopic (exact) mass is 364 g/mol. The number of carbonyl (C=O) groups is 1. The Morgan fingerprint density at radius 2 is 1.92 bits per heavy atom. The Bertz CT molecular complexity index is 656. The van der Waals surface area contributed by atoms with Gasteiger partial charge in [-0.15, -0.1) is 0 Å². The molecule has 26 heavy (non-hydrogen) atoms. The number of ether oxygens (including phenoxy) is 1. The zero-order chi connectivity index (χ0) is 19.5. The van der Waals surface area contributed by atoms with Crippen LogP contribution in [0.4, 0.5) is 0 Å². The van der Waals surface area contributed by atoms with Crippen LogP contribution in [0.5, 0.6) is 0 Å². The van der Waals surface area contributed by atoms with Crippen LogP contribution in [0.15, 0.2) is 23.8 Å². The molecule has 3 N–H and O–H groups in total. The van der Waals surface area contributed by atoms with Gasteiger partial charge in [0.05, 0.1) is 11.2 Å². The molecule has 5 nitrogen and oxygen atoms in total. The molecule has 0 aromatic heterocycles. The minimum atomic E-state index is -1.33. The third kappa shape index (κ3) is 2.76. The lowest BCUT2D eigenvalue weighted by atomic mass is 9.58. The van der Waals surface area contributed by atoms with Crippen molar-refractivity contribution in [1.29, 1.82) is 0 Å². The Labute approximate surface area is 155 Å². The maximum absolute atomic E-state index is 11.7. The smallest absolute Gasteiger partial charge is 0.331 e. The van der Waals surface area contributed by atoms with Gasteiger partial charge in [-0.3, -0.25) is 0 Å². The maximum atomic E-state index is 11.7. The number of hydrogen-bond acceptors (Lipinski definition) is 5. The molecular weight excluding hydrogens is 332 g/mol. The van der Waals surface area contributed by atoms with Crippen LogP contribution >= 0.6 is 0 Å². The molecule has 3 aliphatic rings. The predicted molar refractivity (Wildman–Crippen MR) is 98.2 cm³/mol. The van der Waals surface area contributed by atoms with Crippen molar-refractivity contribution in [2.24, 2.45) is 17.3 Å². The summed E-state index contributed by atoms with van der Waals surface area (Å²) in [4.78, 5) is 11.7. The predicted octanol–water partition coefficient (Wildman–Crippen LogP) is 2.49. The summed E-state index contributed by atoms with van der Waals surface area (Å²) in [5.74, 6) is -0.00257. The highest BCUT2D eigenvalue weighted by atomic mass is 16.5. The summed E-state index contributed by atoms with van der Waals surface area (Å²) in [6.45, 7) is 8.98. The zero-order valence-electron chi connectivity index (χ0n) is 16.5. The summed E-state index contributed by atoms with van der Waals surface area (Å²) >= 11 is 0. The maximum Gasteiger partial charge on any atom is 0.331 e. The third-order valence-corrected chi connectivity index (χ3v) is 7.46. The Morgan fingerprint density at radius 3 is 2.54 bits per heavy atom. The lowest BCUT2D eigenvalue weighted by Crippen LogP contribution is -2.53. The molecule has 0 bridgehead atoms. The van der Waals surface area contributed by atoms with E-state index in [0.717, 1.165) is 24.8 Å². The fourth-order valence-corrected chi connectivity index (χ4v) is 5.15. The van der Waals surface area contributed by atoms with Gasteiger partial charge in [-0.1, -0.05) is 26.0 Å². The van der Waals surface area contributed by atoms with Crippen molar-refractivity contribution >= 4 is 5.97 Å². The van der Waals surface area contributed by atoms with E-state index in [2.05, 4.69) is 13.8 Å². The van der Waals surface area contributed by atoms with Crippen LogP contribution < -0.4 is 0 Å². The quantitative estimate of drug-likeness (QED) is 0.527. The second-order valence-corrected chi connectivity index (χ2v) is 9.41. The highest BCUT2D eigenvalue weighted by Gasteiger charge is 2.63. The Balaban J connectivity index is 1.85. The molecule has 146 valence electrons. The molecule has 0 aromatic rings. The van der Waals surface area contributed by atoms with Gasteiger partial charge >= 0.3 is 5.97 Å². The van der Waals surface area contributed by atoms with E-state index in [-0.39, 0.29) is 29.3 Å². The molecule has 0 radical (unpaired) electrons. The number of aliphatic hydroxyl groups is 3. The summed E-state index contributed by atoms with van der Waals surface area (Å²) in [5, 5.41) is 32.1. The molecule has 0 saturated heterocycles. The third-order valence-electron chi connectivity index (χ3n) is 7.46. The normalized spacial score (nSPS) is 40.6. The van der Waals surface area contributed by atoms with Crippen LogP contribution in [-0.4, -0.2) is 44.2 Å². The number of esters is 1. The number of carbonyl (C=O) groups excluding carboxylic acids is 1. The summed E-state index contributed by atoms with van der Waals surface area (Å²) in [6.07, 6.45) is 7.84. The number of allylic oxidation sites excluding steroid dienone is 1. The Hall–Kier alpha value is -1.17. The van der Waals surface area contributed by atoms with Gasteiger partial charge in [-0.05, 0) is 58.3 Å². The first-order valence-corrected chi connectivity index (χ1v) is 9.61. The summed E-state index contributed by atoms with van der Waals surface area (Å²) in [6, 6.07) is 0. The summed E-state index contributed by atoms with van der Waals surface area (Å²) in [5.41, 5.74) is -3.17. The van der Waals surface area contributed by atoms with Crippen LogP contribution in [0.25, 0.3) is 0 Å². The van der Waals surface area contributed by atoms with E-state index in [1.807, 2.05) is 6.08 Å². The van der Waals surface area contributed by atoms with E-state index in [9.17, 15) is 20.1 Å². The zero-order valence-corrected chi connectivity index (χ0v) is 16.5. The fraction of sp³-hybridized carbons (Fsp3) is 0.762. The van der Waals surface area contributed by atoms with Crippen molar-refractivity contribution in [2.45, 2.75) is 83.2 Å². The average Bonchev–Trinajstić information content (AvgIpc) is 3.02. The van der Waals surface area contributed by atoms with Gasteiger partial charge in [0.2, 0.25) is 0 Å². The van der Waals surface area contributed by atoms with Crippen LogP contribution in [-0.2, 0) is 9.53 Å². The van der Waals surface area contributed by atoms with Gasteiger partial charge in [-0.25, -0.2) is 4.79 Å². The molecule has 0 amide bonds. The number of fused-ring (bicyclic) bond motifs is 3. The molecule has 1 heterocycles. The Kier molecular flexibility index (Phi) is 4.45. The second kappa shape index (κ2) is 5.91. The highest BCUT2D eigenvalue weighted by molar-refractivity contribution is 5.86. The molecule has 2 fully saturated rings. The molecular formula is C21H32O5. The first-order valence-electron chi connectivity index (χ1n) is 9.61. The SMILES string of the molecule is C[C@H](C=CC(C)(O)C(C)(C)O)[C@H]1CC[C@@]2(O)C3=CC(=O)O[C@H]3CC[C@]12C. The fourth-order valence-electron chi connectivity index (χ4n) is 5.15. The summed E-state index contributed by atoms with van der Waals surface area (Å²) in [7, 11) is 0. The second-order valence-electron chi connectivity index (χ2n) is 9.41. The molecule has 3 rings (SSSR count). The van der Waals surface area contributed by atoms with E-state index in [1.165, 1.54) is 6.08 Å². The van der Waals surface area contributed by atoms with Crippen LogP contribution in [0.3, 0.4) is 0 Å².